The van der Waals surface area contributed by atoms with Crippen LogP contribution in [0.25, 0.3) is 0 Å². The van der Waals surface area contributed by atoms with Gasteiger partial charge in [-0.3, -0.25) is 4.79 Å². The second-order valence-electron chi connectivity index (χ2n) is 6.49. The van der Waals surface area contributed by atoms with Crippen LogP contribution in [0.2, 0.25) is 0 Å². The lowest BCUT2D eigenvalue weighted by molar-refractivity contribution is 0.0696. The summed E-state index contributed by atoms with van der Waals surface area (Å²) in [6, 6.07) is 12.0. The first kappa shape index (κ1) is 17.7. The smallest absolute Gasteiger partial charge is 0.335 e. The first-order chi connectivity index (χ1) is 11.3. The molecule has 24 heavy (non-hydrogen) atoms. The van der Waals surface area contributed by atoms with E-state index in [1.165, 1.54) is 29.8 Å². The van der Waals surface area contributed by atoms with Gasteiger partial charge in [-0.2, -0.15) is 0 Å². The van der Waals surface area contributed by atoms with Gasteiger partial charge in [0.05, 0.1) is 5.56 Å². The van der Waals surface area contributed by atoms with E-state index in [4.69, 9.17) is 5.11 Å². The monoisotopic (exact) mass is 325 g/mol. The molecule has 0 aliphatic rings. The summed E-state index contributed by atoms with van der Waals surface area (Å²) in [5, 5.41) is 11.9. The Labute approximate surface area is 142 Å². The molecule has 2 aromatic carbocycles. The summed E-state index contributed by atoms with van der Waals surface area (Å²) < 4.78 is 0. The summed E-state index contributed by atoms with van der Waals surface area (Å²) in [4.78, 5) is 23.3. The van der Waals surface area contributed by atoms with Crippen LogP contribution in [0.3, 0.4) is 0 Å². The molecule has 2 N–H and O–H groups in total. The minimum absolute atomic E-state index is 0.163. The molecule has 1 amide bonds. The van der Waals surface area contributed by atoms with E-state index in [2.05, 4.69) is 39.1 Å². The third-order valence-corrected chi connectivity index (χ3v) is 4.01. The van der Waals surface area contributed by atoms with E-state index in [0.717, 1.165) is 11.3 Å². The maximum atomic E-state index is 12.4. The van der Waals surface area contributed by atoms with Crippen LogP contribution >= 0.6 is 0 Å². The molecule has 2 aromatic rings. The van der Waals surface area contributed by atoms with Gasteiger partial charge in [0.25, 0.3) is 5.91 Å². The number of anilines is 1. The van der Waals surface area contributed by atoms with Crippen molar-refractivity contribution in [3.63, 3.8) is 0 Å². The SMILES string of the molecule is CC(C)c1ccc(NC(=O)c2ccc(C(=O)O)cc2)c(C(C)C)c1. The number of amides is 1. The van der Waals surface area contributed by atoms with E-state index >= 15 is 0 Å². The Hall–Kier alpha value is -2.62. The second-order valence-corrected chi connectivity index (χ2v) is 6.49. The topological polar surface area (TPSA) is 66.4 Å². The van der Waals surface area contributed by atoms with Crippen LogP contribution in [0.15, 0.2) is 42.5 Å². The third-order valence-electron chi connectivity index (χ3n) is 4.01. The maximum Gasteiger partial charge on any atom is 0.335 e. The largest absolute Gasteiger partial charge is 0.478 e. The van der Waals surface area contributed by atoms with Crippen LogP contribution in [-0.2, 0) is 0 Å². The molecule has 4 heteroatoms. The first-order valence-electron chi connectivity index (χ1n) is 8.08. The molecule has 0 heterocycles. The average Bonchev–Trinajstić information content (AvgIpc) is 2.54. The van der Waals surface area contributed by atoms with Gasteiger partial charge in [0.2, 0.25) is 0 Å². The van der Waals surface area contributed by atoms with Gasteiger partial charge in [0.15, 0.2) is 0 Å². The number of hydrogen-bond acceptors (Lipinski definition) is 2. The number of carbonyl (C=O) groups is 2. The van der Waals surface area contributed by atoms with Crippen molar-refractivity contribution in [3.8, 4) is 0 Å². The molecule has 2 rings (SSSR count). The second kappa shape index (κ2) is 7.30. The van der Waals surface area contributed by atoms with Crippen molar-refractivity contribution in [3.05, 3.63) is 64.7 Å². The van der Waals surface area contributed by atoms with Gasteiger partial charge < -0.3 is 10.4 Å². The van der Waals surface area contributed by atoms with Gasteiger partial charge in [-0.1, -0.05) is 39.8 Å². The lowest BCUT2D eigenvalue weighted by atomic mass is 9.94. The summed E-state index contributed by atoms with van der Waals surface area (Å²) in [6.07, 6.45) is 0. The highest BCUT2D eigenvalue weighted by molar-refractivity contribution is 6.05. The highest BCUT2D eigenvalue weighted by Gasteiger charge is 2.13. The molecule has 0 aromatic heterocycles. The molecule has 0 aliphatic heterocycles. The normalized spacial score (nSPS) is 10.9. The van der Waals surface area contributed by atoms with Gasteiger partial charge in [0, 0.05) is 11.3 Å². The highest BCUT2D eigenvalue weighted by atomic mass is 16.4. The summed E-state index contributed by atoms with van der Waals surface area (Å²) >= 11 is 0. The Morgan fingerprint density at radius 1 is 0.875 bits per heavy atom. The van der Waals surface area contributed by atoms with Gasteiger partial charge in [-0.15, -0.1) is 0 Å². The van der Waals surface area contributed by atoms with Crippen LogP contribution < -0.4 is 5.32 Å². The quantitative estimate of drug-likeness (QED) is 0.823. The maximum absolute atomic E-state index is 12.4. The van der Waals surface area contributed by atoms with E-state index in [-0.39, 0.29) is 17.4 Å². The van der Waals surface area contributed by atoms with Crippen LogP contribution in [0.5, 0.6) is 0 Å². The zero-order valence-electron chi connectivity index (χ0n) is 14.5. The molecule has 126 valence electrons. The molecule has 0 fully saturated rings. The molecule has 0 bridgehead atoms. The van der Waals surface area contributed by atoms with Crippen LogP contribution in [-0.4, -0.2) is 17.0 Å². The number of nitrogens with one attached hydrogen (secondary N) is 1. The minimum atomic E-state index is -1.01. The summed E-state index contributed by atoms with van der Waals surface area (Å²) in [5.74, 6) is -0.538. The predicted molar refractivity (Wildman–Crippen MR) is 96.0 cm³/mol. The van der Waals surface area contributed by atoms with Crippen molar-refractivity contribution < 1.29 is 14.7 Å². The van der Waals surface area contributed by atoms with Crippen LogP contribution in [0.4, 0.5) is 5.69 Å². The fourth-order valence-electron chi connectivity index (χ4n) is 2.49. The number of aromatic carboxylic acids is 1. The fourth-order valence-corrected chi connectivity index (χ4v) is 2.49. The molecule has 0 saturated carbocycles. The lowest BCUT2D eigenvalue weighted by Gasteiger charge is -2.17. The van der Waals surface area contributed by atoms with Crippen molar-refractivity contribution in [2.45, 2.75) is 39.5 Å². The van der Waals surface area contributed by atoms with Crippen molar-refractivity contribution in [2.75, 3.05) is 5.32 Å². The fraction of sp³-hybridized carbons (Fsp3) is 0.300. The first-order valence-corrected chi connectivity index (χ1v) is 8.08. The molecule has 0 unspecified atom stereocenters. The molecule has 4 nitrogen and oxygen atoms in total. The lowest BCUT2D eigenvalue weighted by Crippen LogP contribution is -2.14. The Bertz CT molecular complexity index is 746. The van der Waals surface area contributed by atoms with Gasteiger partial charge in [-0.25, -0.2) is 4.79 Å². The molecule has 0 spiro atoms. The average molecular weight is 325 g/mol. The Balaban J connectivity index is 2.26. The van der Waals surface area contributed by atoms with Crippen molar-refractivity contribution in [1.29, 1.82) is 0 Å². The van der Waals surface area contributed by atoms with Crippen molar-refractivity contribution >= 4 is 17.6 Å². The van der Waals surface area contributed by atoms with Crippen LogP contribution in [0.1, 0.15) is 71.4 Å². The number of carbonyl (C=O) groups excluding carboxylic acids is 1. The van der Waals surface area contributed by atoms with E-state index in [1.54, 1.807) is 0 Å². The van der Waals surface area contributed by atoms with Gasteiger partial charge >= 0.3 is 5.97 Å². The number of hydrogen-bond donors (Lipinski definition) is 2. The zero-order valence-corrected chi connectivity index (χ0v) is 14.5. The van der Waals surface area contributed by atoms with E-state index in [1.807, 2.05) is 12.1 Å². The molecule has 0 radical (unpaired) electrons. The summed E-state index contributed by atoms with van der Waals surface area (Å²) in [7, 11) is 0. The van der Waals surface area contributed by atoms with Gasteiger partial charge in [-0.05, 0) is 53.3 Å². The summed E-state index contributed by atoms with van der Waals surface area (Å²) in [6.45, 7) is 8.47. The van der Waals surface area contributed by atoms with E-state index in [9.17, 15) is 9.59 Å². The van der Waals surface area contributed by atoms with E-state index < -0.39 is 5.97 Å². The van der Waals surface area contributed by atoms with E-state index in [0.29, 0.717) is 11.5 Å². The Kier molecular flexibility index (Phi) is 5.39. The molecule has 0 saturated heterocycles. The number of rotatable bonds is 5. The van der Waals surface area contributed by atoms with Crippen molar-refractivity contribution in [1.82, 2.24) is 0 Å². The number of carboxylic acids is 1. The molecule has 0 aliphatic carbocycles. The minimum Gasteiger partial charge on any atom is -0.478 e. The highest BCUT2D eigenvalue weighted by Crippen LogP contribution is 2.28. The standard InChI is InChI=1S/C20H23NO3/c1-12(2)16-9-10-18(17(11-16)13(3)4)21-19(22)14-5-7-15(8-6-14)20(23)24/h5-13H,1-4H3,(H,21,22)(H,23,24). The Morgan fingerprint density at radius 3 is 1.96 bits per heavy atom. The third kappa shape index (κ3) is 4.02. The summed E-state index contributed by atoms with van der Waals surface area (Å²) in [5.41, 5.74) is 3.72. The number of benzene rings is 2. The predicted octanol–water partition coefficient (Wildman–Crippen LogP) is 4.88. The number of carboxylic acid groups (broad SMARTS) is 1. The Morgan fingerprint density at radius 2 is 1.46 bits per heavy atom. The molecular formula is C20H23NO3. The molecular weight excluding hydrogens is 302 g/mol. The van der Waals surface area contributed by atoms with Crippen molar-refractivity contribution in [2.24, 2.45) is 0 Å². The zero-order chi connectivity index (χ0) is 17.9. The molecule has 0 atom stereocenters. The van der Waals surface area contributed by atoms with Crippen LogP contribution in [0, 0.1) is 0 Å². The van der Waals surface area contributed by atoms with Gasteiger partial charge in [0.1, 0.15) is 0 Å².